The SMILES string of the molecule is CCOC(=O)c1nnc(-c2ccc(F)cc2C)o1. The molecule has 0 saturated carbocycles. The first kappa shape index (κ1) is 12.2. The fourth-order valence-electron chi connectivity index (χ4n) is 1.47. The molecule has 0 amide bonds. The minimum absolute atomic E-state index is 0.163. The average Bonchev–Trinajstić information content (AvgIpc) is 2.78. The quantitative estimate of drug-likeness (QED) is 0.782. The second-order valence-electron chi connectivity index (χ2n) is 3.59. The molecule has 1 aromatic heterocycles. The summed E-state index contributed by atoms with van der Waals surface area (Å²) in [6.07, 6.45) is 0. The van der Waals surface area contributed by atoms with Crippen molar-refractivity contribution in [2.24, 2.45) is 0 Å². The van der Waals surface area contributed by atoms with Gasteiger partial charge in [-0.2, -0.15) is 0 Å². The molecule has 0 unspecified atom stereocenters. The first-order chi connectivity index (χ1) is 8.61. The molecule has 0 radical (unpaired) electrons. The number of halogens is 1. The first-order valence-electron chi connectivity index (χ1n) is 5.39. The van der Waals surface area contributed by atoms with Gasteiger partial charge < -0.3 is 9.15 Å². The molecule has 18 heavy (non-hydrogen) atoms. The van der Waals surface area contributed by atoms with Gasteiger partial charge in [-0.1, -0.05) is 0 Å². The zero-order chi connectivity index (χ0) is 13.1. The molecule has 0 aliphatic carbocycles. The average molecular weight is 250 g/mol. The Bertz CT molecular complexity index is 580. The van der Waals surface area contributed by atoms with E-state index in [1.165, 1.54) is 18.2 Å². The van der Waals surface area contributed by atoms with Crippen molar-refractivity contribution >= 4 is 5.97 Å². The van der Waals surface area contributed by atoms with E-state index in [-0.39, 0.29) is 24.2 Å². The van der Waals surface area contributed by atoms with Crippen LogP contribution in [-0.2, 0) is 4.74 Å². The highest BCUT2D eigenvalue weighted by molar-refractivity contribution is 5.84. The number of ether oxygens (including phenoxy) is 1. The van der Waals surface area contributed by atoms with Gasteiger partial charge in [0.2, 0.25) is 5.89 Å². The van der Waals surface area contributed by atoms with Crippen molar-refractivity contribution in [1.29, 1.82) is 0 Å². The van der Waals surface area contributed by atoms with Gasteiger partial charge in [-0.05, 0) is 37.6 Å². The highest BCUT2D eigenvalue weighted by atomic mass is 19.1. The van der Waals surface area contributed by atoms with Crippen LogP contribution in [0.2, 0.25) is 0 Å². The lowest BCUT2D eigenvalue weighted by molar-refractivity contribution is 0.0481. The van der Waals surface area contributed by atoms with Crippen molar-refractivity contribution in [3.63, 3.8) is 0 Å². The molecule has 94 valence electrons. The van der Waals surface area contributed by atoms with Crippen molar-refractivity contribution in [3.05, 3.63) is 35.5 Å². The molecule has 0 N–H and O–H groups in total. The summed E-state index contributed by atoms with van der Waals surface area (Å²) in [6.45, 7) is 3.62. The number of benzene rings is 1. The first-order valence-corrected chi connectivity index (χ1v) is 5.39. The monoisotopic (exact) mass is 250 g/mol. The molecular weight excluding hydrogens is 239 g/mol. The van der Waals surface area contributed by atoms with E-state index >= 15 is 0 Å². The second-order valence-corrected chi connectivity index (χ2v) is 3.59. The third kappa shape index (κ3) is 2.37. The number of aromatic nitrogens is 2. The van der Waals surface area contributed by atoms with E-state index in [1.807, 2.05) is 0 Å². The minimum Gasteiger partial charge on any atom is -0.459 e. The van der Waals surface area contributed by atoms with Crippen molar-refractivity contribution in [1.82, 2.24) is 10.2 Å². The van der Waals surface area contributed by atoms with Gasteiger partial charge in [0.1, 0.15) is 5.82 Å². The van der Waals surface area contributed by atoms with E-state index in [0.717, 1.165) is 0 Å². The highest BCUT2D eigenvalue weighted by Gasteiger charge is 2.17. The van der Waals surface area contributed by atoms with Gasteiger partial charge in [0.15, 0.2) is 0 Å². The van der Waals surface area contributed by atoms with Gasteiger partial charge in [0, 0.05) is 5.56 Å². The van der Waals surface area contributed by atoms with Crippen molar-refractivity contribution in [3.8, 4) is 11.5 Å². The number of hydrogen-bond donors (Lipinski definition) is 0. The zero-order valence-electron chi connectivity index (χ0n) is 9.94. The maximum absolute atomic E-state index is 13.0. The third-order valence-electron chi connectivity index (χ3n) is 2.29. The second kappa shape index (κ2) is 4.95. The number of hydrogen-bond acceptors (Lipinski definition) is 5. The molecule has 6 heteroatoms. The summed E-state index contributed by atoms with van der Waals surface area (Å²) in [7, 11) is 0. The molecule has 0 atom stereocenters. The Hall–Kier alpha value is -2.24. The Morgan fingerprint density at radius 1 is 1.44 bits per heavy atom. The number of nitrogens with zero attached hydrogens (tertiary/aromatic N) is 2. The largest absolute Gasteiger partial charge is 0.459 e. The summed E-state index contributed by atoms with van der Waals surface area (Å²) >= 11 is 0. The molecule has 0 aliphatic heterocycles. The van der Waals surface area contributed by atoms with E-state index in [2.05, 4.69) is 10.2 Å². The number of aryl methyl sites for hydroxylation is 1. The topological polar surface area (TPSA) is 65.2 Å². The van der Waals surface area contributed by atoms with Crippen molar-refractivity contribution in [2.45, 2.75) is 13.8 Å². The Labute approximate surface area is 103 Å². The van der Waals surface area contributed by atoms with Crippen molar-refractivity contribution in [2.75, 3.05) is 6.61 Å². The summed E-state index contributed by atoms with van der Waals surface area (Å²) < 4.78 is 22.9. The van der Waals surface area contributed by atoms with Gasteiger partial charge in [0.25, 0.3) is 0 Å². The van der Waals surface area contributed by atoms with Crippen LogP contribution in [0, 0.1) is 12.7 Å². The Morgan fingerprint density at radius 3 is 2.89 bits per heavy atom. The fraction of sp³-hybridized carbons (Fsp3) is 0.250. The van der Waals surface area contributed by atoms with E-state index in [9.17, 15) is 9.18 Å². The lowest BCUT2D eigenvalue weighted by Gasteiger charge is -2.00. The number of rotatable bonds is 3. The molecular formula is C12H11FN2O3. The Morgan fingerprint density at radius 2 is 2.22 bits per heavy atom. The molecule has 0 saturated heterocycles. The van der Waals surface area contributed by atoms with Crippen LogP contribution in [0.15, 0.2) is 22.6 Å². The molecule has 2 rings (SSSR count). The third-order valence-corrected chi connectivity index (χ3v) is 2.29. The van der Waals surface area contributed by atoms with Crippen LogP contribution in [0.5, 0.6) is 0 Å². The summed E-state index contributed by atoms with van der Waals surface area (Å²) in [5.41, 5.74) is 1.23. The van der Waals surface area contributed by atoms with E-state index in [4.69, 9.17) is 9.15 Å². The van der Waals surface area contributed by atoms with Gasteiger partial charge in [0.05, 0.1) is 6.61 Å². The van der Waals surface area contributed by atoms with Crippen LogP contribution in [-0.4, -0.2) is 22.8 Å². The maximum atomic E-state index is 13.0. The molecule has 1 aromatic carbocycles. The van der Waals surface area contributed by atoms with Gasteiger partial charge in [-0.3, -0.25) is 0 Å². The van der Waals surface area contributed by atoms with E-state index < -0.39 is 5.97 Å². The molecule has 0 spiro atoms. The number of esters is 1. The molecule has 2 aromatic rings. The van der Waals surface area contributed by atoms with Crippen LogP contribution < -0.4 is 0 Å². The molecule has 0 fully saturated rings. The van der Waals surface area contributed by atoms with E-state index in [1.54, 1.807) is 13.8 Å². The van der Waals surface area contributed by atoms with Crippen LogP contribution in [0.4, 0.5) is 4.39 Å². The minimum atomic E-state index is -0.670. The smallest absolute Gasteiger partial charge is 0.396 e. The normalized spacial score (nSPS) is 10.4. The summed E-state index contributed by atoms with van der Waals surface area (Å²) in [6, 6.07) is 4.16. The van der Waals surface area contributed by atoms with Gasteiger partial charge in [-0.15, -0.1) is 10.2 Å². The fourth-order valence-corrected chi connectivity index (χ4v) is 1.47. The molecule has 5 nitrogen and oxygen atoms in total. The molecule has 1 heterocycles. The maximum Gasteiger partial charge on any atom is 0.396 e. The van der Waals surface area contributed by atoms with E-state index in [0.29, 0.717) is 11.1 Å². The molecule has 0 aliphatic rings. The summed E-state index contributed by atoms with van der Waals surface area (Å²) in [5.74, 6) is -1.07. The van der Waals surface area contributed by atoms with Gasteiger partial charge >= 0.3 is 11.9 Å². The van der Waals surface area contributed by atoms with Crippen LogP contribution in [0.25, 0.3) is 11.5 Å². The van der Waals surface area contributed by atoms with Crippen molar-refractivity contribution < 1.29 is 18.3 Å². The van der Waals surface area contributed by atoms with Gasteiger partial charge in [-0.25, -0.2) is 9.18 Å². The zero-order valence-corrected chi connectivity index (χ0v) is 9.94. The van der Waals surface area contributed by atoms with Crippen LogP contribution in [0.3, 0.4) is 0 Å². The van der Waals surface area contributed by atoms with Crippen LogP contribution in [0.1, 0.15) is 23.2 Å². The lowest BCUT2D eigenvalue weighted by Crippen LogP contribution is -2.04. The standard InChI is InChI=1S/C12H11FN2O3/c1-3-17-12(16)11-15-14-10(18-11)9-5-4-8(13)6-7(9)2/h4-6H,3H2,1-2H3. The Balaban J connectivity index is 2.32. The lowest BCUT2D eigenvalue weighted by atomic mass is 10.1. The summed E-state index contributed by atoms with van der Waals surface area (Å²) in [4.78, 5) is 11.3. The number of carbonyl (C=O) groups excluding carboxylic acids is 1. The number of carbonyl (C=O) groups is 1. The predicted octanol–water partition coefficient (Wildman–Crippen LogP) is 2.36. The predicted molar refractivity (Wildman–Crippen MR) is 60.4 cm³/mol. The Kier molecular flexibility index (Phi) is 3.36. The van der Waals surface area contributed by atoms with Crippen LogP contribution >= 0.6 is 0 Å². The molecule has 0 bridgehead atoms. The highest BCUT2D eigenvalue weighted by Crippen LogP contribution is 2.22. The summed E-state index contributed by atoms with van der Waals surface area (Å²) in [5, 5.41) is 7.33.